The Bertz CT molecular complexity index is 776. The van der Waals surface area contributed by atoms with E-state index in [1.165, 1.54) is 12.1 Å². The summed E-state index contributed by atoms with van der Waals surface area (Å²) in [7, 11) is -3.79. The van der Waals surface area contributed by atoms with Crippen LogP contribution in [0.25, 0.3) is 0 Å². The molecular weight excluding hydrogens is 310 g/mol. The Morgan fingerprint density at radius 3 is 2.57 bits per heavy atom. The fraction of sp³-hybridized carbons (Fsp3) is 0.214. The molecule has 0 aliphatic heterocycles. The van der Waals surface area contributed by atoms with Crippen molar-refractivity contribution in [1.29, 1.82) is 0 Å². The van der Waals surface area contributed by atoms with Gasteiger partial charge in [0.15, 0.2) is 0 Å². The topological polar surface area (TPSA) is 85.1 Å². The zero-order valence-electron chi connectivity index (χ0n) is 11.7. The summed E-state index contributed by atoms with van der Waals surface area (Å²) in [5, 5.41) is 0.150. The van der Waals surface area contributed by atoms with Crippen molar-refractivity contribution in [3.8, 4) is 0 Å². The average molecular weight is 326 g/mol. The molecule has 5 nitrogen and oxygen atoms in total. The highest BCUT2D eigenvalue weighted by molar-refractivity contribution is 7.92. The Labute approximate surface area is 129 Å². The third kappa shape index (κ3) is 3.53. The summed E-state index contributed by atoms with van der Waals surface area (Å²) in [5.41, 5.74) is 8.08. The fourth-order valence-electron chi connectivity index (χ4n) is 1.87. The minimum atomic E-state index is -3.79. The van der Waals surface area contributed by atoms with Crippen LogP contribution in [0.15, 0.2) is 35.2 Å². The molecule has 0 spiro atoms. The van der Waals surface area contributed by atoms with Gasteiger partial charge in [0, 0.05) is 12.2 Å². The number of nitrogens with zero attached hydrogens (tertiary/aromatic N) is 1. The number of benzene rings is 1. The van der Waals surface area contributed by atoms with Crippen molar-refractivity contribution in [2.45, 2.75) is 25.3 Å². The molecule has 3 N–H and O–H groups in total. The van der Waals surface area contributed by atoms with E-state index in [1.807, 2.05) is 6.92 Å². The Morgan fingerprint density at radius 1 is 1.24 bits per heavy atom. The summed E-state index contributed by atoms with van der Waals surface area (Å²) in [6, 6.07) is 8.11. The summed E-state index contributed by atoms with van der Waals surface area (Å²) in [4.78, 5) is 4.23. The predicted molar refractivity (Wildman–Crippen MR) is 83.9 cm³/mol. The van der Waals surface area contributed by atoms with E-state index in [-0.39, 0.29) is 16.5 Å². The Kier molecular flexibility index (Phi) is 4.51. The van der Waals surface area contributed by atoms with Gasteiger partial charge in [0.25, 0.3) is 10.0 Å². The molecule has 2 aromatic rings. The first-order valence-electron chi connectivity index (χ1n) is 6.29. The lowest BCUT2D eigenvalue weighted by atomic mass is 10.2. The number of hydrogen-bond acceptors (Lipinski definition) is 4. The highest BCUT2D eigenvalue weighted by Crippen LogP contribution is 2.25. The molecule has 0 saturated heterocycles. The minimum absolute atomic E-state index is 0.00657. The normalized spacial score (nSPS) is 11.4. The van der Waals surface area contributed by atoms with E-state index in [4.69, 9.17) is 17.3 Å². The van der Waals surface area contributed by atoms with Crippen molar-refractivity contribution in [1.82, 2.24) is 4.98 Å². The third-order valence-corrected chi connectivity index (χ3v) is 4.84. The first-order chi connectivity index (χ1) is 9.83. The highest BCUT2D eigenvalue weighted by Gasteiger charge is 2.19. The van der Waals surface area contributed by atoms with Crippen LogP contribution in [0.3, 0.4) is 0 Å². The molecule has 0 radical (unpaired) electrons. The number of halogens is 1. The van der Waals surface area contributed by atoms with E-state index in [2.05, 4.69) is 9.71 Å². The van der Waals surface area contributed by atoms with Crippen LogP contribution in [0, 0.1) is 13.8 Å². The smallest absolute Gasteiger partial charge is 0.263 e. The van der Waals surface area contributed by atoms with Crippen molar-refractivity contribution in [3.05, 3.63) is 52.3 Å². The van der Waals surface area contributed by atoms with E-state index >= 15 is 0 Å². The molecular formula is C14H16ClN3O2S. The van der Waals surface area contributed by atoms with Crippen LogP contribution in [0.2, 0.25) is 5.02 Å². The number of pyridine rings is 1. The van der Waals surface area contributed by atoms with E-state index in [0.717, 1.165) is 5.69 Å². The second-order valence-electron chi connectivity index (χ2n) is 4.66. The van der Waals surface area contributed by atoms with Gasteiger partial charge in [-0.2, -0.15) is 0 Å². The van der Waals surface area contributed by atoms with Crippen LogP contribution in [-0.2, 0) is 16.6 Å². The molecule has 7 heteroatoms. The maximum absolute atomic E-state index is 12.5. The lowest BCUT2D eigenvalue weighted by molar-refractivity contribution is 0.601. The number of aryl methyl sites for hydroxylation is 2. The predicted octanol–water partition coefficient (Wildman–Crippen LogP) is 2.61. The highest BCUT2D eigenvalue weighted by atomic mass is 35.5. The van der Waals surface area contributed by atoms with Gasteiger partial charge in [-0.25, -0.2) is 8.42 Å². The van der Waals surface area contributed by atoms with Crippen molar-refractivity contribution in [2.24, 2.45) is 5.73 Å². The summed E-state index contributed by atoms with van der Waals surface area (Å²) in [6.45, 7) is 3.82. The van der Waals surface area contributed by atoms with Gasteiger partial charge in [-0.1, -0.05) is 17.7 Å². The third-order valence-electron chi connectivity index (χ3n) is 2.99. The van der Waals surface area contributed by atoms with Gasteiger partial charge in [0.2, 0.25) is 0 Å². The average Bonchev–Trinajstić information content (AvgIpc) is 2.42. The molecule has 1 aromatic carbocycles. The number of aromatic nitrogens is 1. The molecule has 0 aliphatic rings. The standard InChI is InChI=1S/C14H16ClN3O2S/c1-9-3-6-13(10(2)17-9)18-21(19,20)14-7-11(8-16)4-5-12(14)15/h3-7,18H,8,16H2,1-2H3. The molecule has 0 saturated carbocycles. The molecule has 1 aromatic heterocycles. The molecule has 2 rings (SSSR count). The van der Waals surface area contributed by atoms with Gasteiger partial charge in [0.05, 0.1) is 16.4 Å². The van der Waals surface area contributed by atoms with Crippen molar-refractivity contribution in [3.63, 3.8) is 0 Å². The van der Waals surface area contributed by atoms with Crippen molar-refractivity contribution < 1.29 is 8.42 Å². The van der Waals surface area contributed by atoms with E-state index in [9.17, 15) is 8.42 Å². The molecule has 112 valence electrons. The first kappa shape index (κ1) is 15.8. The Balaban J connectivity index is 2.43. The van der Waals surface area contributed by atoms with Gasteiger partial charge in [-0.3, -0.25) is 9.71 Å². The van der Waals surface area contributed by atoms with E-state index in [0.29, 0.717) is 16.9 Å². The maximum Gasteiger partial charge on any atom is 0.263 e. The molecule has 0 fully saturated rings. The summed E-state index contributed by atoms with van der Waals surface area (Å²) in [6.07, 6.45) is 0. The Hall–Kier alpha value is -1.63. The number of sulfonamides is 1. The lowest BCUT2D eigenvalue weighted by Crippen LogP contribution is -2.15. The number of anilines is 1. The zero-order chi connectivity index (χ0) is 15.6. The number of hydrogen-bond donors (Lipinski definition) is 2. The van der Waals surface area contributed by atoms with Gasteiger partial charge >= 0.3 is 0 Å². The first-order valence-corrected chi connectivity index (χ1v) is 8.15. The van der Waals surface area contributed by atoms with Crippen LogP contribution in [0.5, 0.6) is 0 Å². The van der Waals surface area contributed by atoms with Crippen LogP contribution in [0.4, 0.5) is 5.69 Å². The number of rotatable bonds is 4. The van der Waals surface area contributed by atoms with Gasteiger partial charge < -0.3 is 5.73 Å². The maximum atomic E-state index is 12.5. The molecule has 0 bridgehead atoms. The second kappa shape index (κ2) is 6.01. The van der Waals surface area contributed by atoms with E-state index in [1.54, 1.807) is 25.1 Å². The molecule has 0 amide bonds. The quantitative estimate of drug-likeness (QED) is 0.904. The second-order valence-corrected chi connectivity index (χ2v) is 6.72. The van der Waals surface area contributed by atoms with Crippen LogP contribution in [0.1, 0.15) is 17.0 Å². The van der Waals surface area contributed by atoms with Crippen molar-refractivity contribution >= 4 is 27.3 Å². The Morgan fingerprint density at radius 2 is 1.95 bits per heavy atom. The van der Waals surface area contributed by atoms with Crippen LogP contribution in [-0.4, -0.2) is 13.4 Å². The molecule has 0 atom stereocenters. The molecule has 1 heterocycles. The summed E-state index contributed by atoms with van der Waals surface area (Å²) < 4.78 is 27.4. The minimum Gasteiger partial charge on any atom is -0.326 e. The zero-order valence-corrected chi connectivity index (χ0v) is 13.3. The van der Waals surface area contributed by atoms with Crippen LogP contribution >= 0.6 is 11.6 Å². The molecule has 21 heavy (non-hydrogen) atoms. The molecule has 0 aliphatic carbocycles. The summed E-state index contributed by atoms with van der Waals surface area (Å²) in [5.74, 6) is 0. The van der Waals surface area contributed by atoms with Gasteiger partial charge in [-0.15, -0.1) is 0 Å². The van der Waals surface area contributed by atoms with Gasteiger partial charge in [0.1, 0.15) is 4.90 Å². The fourth-order valence-corrected chi connectivity index (χ4v) is 3.54. The van der Waals surface area contributed by atoms with E-state index < -0.39 is 10.0 Å². The number of nitrogens with two attached hydrogens (primary N) is 1. The monoisotopic (exact) mass is 325 g/mol. The van der Waals surface area contributed by atoms with Crippen LogP contribution < -0.4 is 10.5 Å². The van der Waals surface area contributed by atoms with Crippen molar-refractivity contribution in [2.75, 3.05) is 4.72 Å². The lowest BCUT2D eigenvalue weighted by Gasteiger charge is -2.12. The number of nitrogens with one attached hydrogen (secondary N) is 1. The largest absolute Gasteiger partial charge is 0.326 e. The molecule has 0 unspecified atom stereocenters. The summed E-state index contributed by atoms with van der Waals surface area (Å²) >= 11 is 5.99. The SMILES string of the molecule is Cc1ccc(NS(=O)(=O)c2cc(CN)ccc2Cl)c(C)n1. The van der Waals surface area contributed by atoms with Gasteiger partial charge in [-0.05, 0) is 43.7 Å².